The second-order valence-corrected chi connectivity index (χ2v) is 8.51. The van der Waals surface area contributed by atoms with Crippen LogP contribution >= 0.6 is 0 Å². The van der Waals surface area contributed by atoms with Crippen LogP contribution < -0.4 is 5.56 Å². The first-order chi connectivity index (χ1) is 13.4. The normalized spacial score (nSPS) is 16.1. The van der Waals surface area contributed by atoms with Gasteiger partial charge >= 0.3 is 0 Å². The van der Waals surface area contributed by atoms with E-state index in [0.717, 1.165) is 42.3 Å². The van der Waals surface area contributed by atoms with Gasteiger partial charge in [0.05, 0.1) is 29.3 Å². The molecule has 4 aromatic rings. The number of aromatic amines is 2. The van der Waals surface area contributed by atoms with Gasteiger partial charge in [-0.15, -0.1) is 0 Å². The molecule has 1 aromatic carbocycles. The van der Waals surface area contributed by atoms with E-state index in [0.29, 0.717) is 11.0 Å². The first kappa shape index (κ1) is 17.1. The van der Waals surface area contributed by atoms with Crippen LogP contribution in [0.2, 0.25) is 0 Å². The van der Waals surface area contributed by atoms with Crippen LogP contribution in [0.5, 0.6) is 0 Å². The number of aromatic nitrogens is 6. The van der Waals surface area contributed by atoms with Crippen LogP contribution in [0.3, 0.4) is 0 Å². The van der Waals surface area contributed by atoms with E-state index < -0.39 is 0 Å². The monoisotopic (exact) mass is 377 g/mol. The topological polar surface area (TPSA) is 95.5 Å². The standard InChI is InChI=1S/C20H23N7O/c1-20(2,3)27-18-13(8-21-27)19(28)25-17(24-18)12-9-26(10-12)11-16-22-14-6-4-5-7-15(14)23-16/h4-8,12H,9-11H2,1-3H3,(H,22,23)(H,24,25,28). The smallest absolute Gasteiger partial charge is 0.262 e. The molecule has 1 aliphatic heterocycles. The van der Waals surface area contributed by atoms with Crippen molar-refractivity contribution < 1.29 is 0 Å². The number of nitrogens with one attached hydrogen (secondary N) is 2. The van der Waals surface area contributed by atoms with Crippen molar-refractivity contribution in [2.75, 3.05) is 13.1 Å². The maximum absolute atomic E-state index is 12.5. The van der Waals surface area contributed by atoms with Crippen molar-refractivity contribution in [2.24, 2.45) is 0 Å². The third kappa shape index (κ3) is 2.80. The summed E-state index contributed by atoms with van der Waals surface area (Å²) in [7, 11) is 0. The lowest BCUT2D eigenvalue weighted by atomic mass is 9.99. The van der Waals surface area contributed by atoms with Crippen molar-refractivity contribution in [3.05, 3.63) is 52.5 Å². The second kappa shape index (κ2) is 6.00. The number of likely N-dealkylation sites (tertiary alicyclic amines) is 1. The minimum Gasteiger partial charge on any atom is -0.341 e. The zero-order chi connectivity index (χ0) is 19.5. The van der Waals surface area contributed by atoms with Crippen molar-refractivity contribution in [1.29, 1.82) is 0 Å². The van der Waals surface area contributed by atoms with Crippen molar-refractivity contribution in [2.45, 2.75) is 38.8 Å². The van der Waals surface area contributed by atoms with Gasteiger partial charge in [-0.05, 0) is 32.9 Å². The van der Waals surface area contributed by atoms with Gasteiger partial charge in [0.25, 0.3) is 5.56 Å². The van der Waals surface area contributed by atoms with Crippen LogP contribution in [0.1, 0.15) is 38.3 Å². The molecule has 0 radical (unpaired) electrons. The van der Waals surface area contributed by atoms with Crippen LogP contribution in [0, 0.1) is 0 Å². The highest BCUT2D eigenvalue weighted by atomic mass is 16.1. The highest BCUT2D eigenvalue weighted by Crippen LogP contribution is 2.27. The highest BCUT2D eigenvalue weighted by Gasteiger charge is 2.31. The van der Waals surface area contributed by atoms with Gasteiger partial charge < -0.3 is 9.97 Å². The van der Waals surface area contributed by atoms with Gasteiger partial charge in [0, 0.05) is 19.0 Å². The Balaban J connectivity index is 1.35. The van der Waals surface area contributed by atoms with Crippen molar-refractivity contribution in [3.8, 4) is 0 Å². The van der Waals surface area contributed by atoms with Gasteiger partial charge in [-0.25, -0.2) is 14.6 Å². The molecule has 0 amide bonds. The summed E-state index contributed by atoms with van der Waals surface area (Å²) in [6.45, 7) is 8.61. The number of H-pyrrole nitrogens is 2. The van der Waals surface area contributed by atoms with Crippen LogP contribution in [0.25, 0.3) is 22.1 Å². The molecule has 1 fully saturated rings. The fourth-order valence-corrected chi connectivity index (χ4v) is 3.78. The molecule has 4 heterocycles. The van der Waals surface area contributed by atoms with E-state index in [9.17, 15) is 4.79 Å². The van der Waals surface area contributed by atoms with Gasteiger partial charge in [0.2, 0.25) is 0 Å². The molecule has 2 N–H and O–H groups in total. The van der Waals surface area contributed by atoms with Gasteiger partial charge in [-0.1, -0.05) is 12.1 Å². The SMILES string of the molecule is CC(C)(C)n1ncc2c(=O)[nH]c(C3CN(Cc4nc5ccccc5[nH]4)C3)nc21. The van der Waals surface area contributed by atoms with Crippen LogP contribution in [0.4, 0.5) is 0 Å². The average molecular weight is 377 g/mol. The van der Waals surface area contributed by atoms with Gasteiger partial charge in [0.1, 0.15) is 17.0 Å². The number of benzene rings is 1. The summed E-state index contributed by atoms with van der Waals surface area (Å²) in [4.78, 5) is 30.5. The van der Waals surface area contributed by atoms with E-state index in [2.05, 4.69) is 45.7 Å². The van der Waals surface area contributed by atoms with Gasteiger partial charge in [0.15, 0.2) is 5.65 Å². The fraction of sp³-hybridized carbons (Fsp3) is 0.400. The summed E-state index contributed by atoms with van der Waals surface area (Å²) in [5, 5.41) is 4.91. The first-order valence-corrected chi connectivity index (χ1v) is 9.53. The lowest BCUT2D eigenvalue weighted by Crippen LogP contribution is -2.45. The Morgan fingerprint density at radius 2 is 1.93 bits per heavy atom. The van der Waals surface area contributed by atoms with Crippen molar-refractivity contribution >= 4 is 22.1 Å². The number of hydrogen-bond acceptors (Lipinski definition) is 5. The molecule has 1 saturated heterocycles. The summed E-state index contributed by atoms with van der Waals surface area (Å²) >= 11 is 0. The molecule has 0 bridgehead atoms. The quantitative estimate of drug-likeness (QED) is 0.571. The molecular formula is C20H23N7O. The van der Waals surface area contributed by atoms with E-state index in [1.807, 2.05) is 28.9 Å². The Hall–Kier alpha value is -3.00. The second-order valence-electron chi connectivity index (χ2n) is 8.51. The first-order valence-electron chi connectivity index (χ1n) is 9.53. The Morgan fingerprint density at radius 1 is 1.14 bits per heavy atom. The molecule has 3 aromatic heterocycles. The number of para-hydroxylation sites is 2. The van der Waals surface area contributed by atoms with E-state index >= 15 is 0 Å². The average Bonchev–Trinajstić information content (AvgIpc) is 3.20. The number of fused-ring (bicyclic) bond motifs is 2. The van der Waals surface area contributed by atoms with Gasteiger partial charge in [-0.2, -0.15) is 5.10 Å². The largest absolute Gasteiger partial charge is 0.341 e. The lowest BCUT2D eigenvalue weighted by molar-refractivity contribution is 0.131. The highest BCUT2D eigenvalue weighted by molar-refractivity contribution is 5.75. The third-order valence-corrected chi connectivity index (χ3v) is 5.25. The summed E-state index contributed by atoms with van der Waals surface area (Å²) < 4.78 is 1.83. The molecule has 1 aliphatic rings. The Labute approximate surface area is 161 Å². The zero-order valence-corrected chi connectivity index (χ0v) is 16.2. The Morgan fingerprint density at radius 3 is 2.68 bits per heavy atom. The van der Waals surface area contributed by atoms with Crippen LogP contribution in [0.15, 0.2) is 35.3 Å². The summed E-state index contributed by atoms with van der Waals surface area (Å²) in [5.41, 5.74) is 2.35. The summed E-state index contributed by atoms with van der Waals surface area (Å²) in [5.74, 6) is 1.91. The molecular weight excluding hydrogens is 354 g/mol. The molecule has 8 heteroatoms. The third-order valence-electron chi connectivity index (χ3n) is 5.25. The van der Waals surface area contributed by atoms with E-state index in [-0.39, 0.29) is 17.0 Å². The Kier molecular flexibility index (Phi) is 3.67. The number of rotatable bonds is 3. The van der Waals surface area contributed by atoms with E-state index in [1.165, 1.54) is 0 Å². The number of nitrogens with zero attached hydrogens (tertiary/aromatic N) is 5. The number of imidazole rings is 1. The maximum atomic E-state index is 12.5. The maximum Gasteiger partial charge on any atom is 0.262 e. The fourth-order valence-electron chi connectivity index (χ4n) is 3.78. The molecule has 0 atom stereocenters. The lowest BCUT2D eigenvalue weighted by Gasteiger charge is -2.37. The molecule has 8 nitrogen and oxygen atoms in total. The predicted molar refractivity (Wildman–Crippen MR) is 107 cm³/mol. The molecule has 0 unspecified atom stereocenters. The zero-order valence-electron chi connectivity index (χ0n) is 16.2. The summed E-state index contributed by atoms with van der Waals surface area (Å²) in [6, 6.07) is 8.04. The summed E-state index contributed by atoms with van der Waals surface area (Å²) in [6.07, 6.45) is 1.60. The van der Waals surface area contributed by atoms with Crippen molar-refractivity contribution in [3.63, 3.8) is 0 Å². The minimum absolute atomic E-state index is 0.119. The van der Waals surface area contributed by atoms with E-state index in [4.69, 9.17) is 4.98 Å². The molecule has 5 rings (SSSR count). The van der Waals surface area contributed by atoms with Crippen LogP contribution in [-0.2, 0) is 12.1 Å². The number of hydrogen-bond donors (Lipinski definition) is 2. The minimum atomic E-state index is -0.229. The van der Waals surface area contributed by atoms with E-state index in [1.54, 1.807) is 6.20 Å². The molecule has 144 valence electrons. The van der Waals surface area contributed by atoms with Gasteiger partial charge in [-0.3, -0.25) is 9.69 Å². The predicted octanol–water partition coefficient (Wildman–Crippen LogP) is 2.35. The van der Waals surface area contributed by atoms with Crippen molar-refractivity contribution in [1.82, 2.24) is 34.6 Å². The molecule has 28 heavy (non-hydrogen) atoms. The van der Waals surface area contributed by atoms with Crippen LogP contribution in [-0.4, -0.2) is 47.7 Å². The molecule has 0 aliphatic carbocycles. The Bertz CT molecular complexity index is 1190. The molecule has 0 spiro atoms. The molecule has 0 saturated carbocycles.